The third-order valence-electron chi connectivity index (χ3n) is 3.10. The van der Waals surface area contributed by atoms with E-state index in [0.29, 0.717) is 17.4 Å². The molecule has 2 rings (SSSR count). The lowest BCUT2D eigenvalue weighted by molar-refractivity contribution is 0.0687. The van der Waals surface area contributed by atoms with Gasteiger partial charge in [-0.05, 0) is 29.8 Å². The molecule has 0 aliphatic carbocycles. The summed E-state index contributed by atoms with van der Waals surface area (Å²) >= 11 is 0. The Kier molecular flexibility index (Phi) is 5.00. The van der Waals surface area contributed by atoms with Crippen LogP contribution in [0.2, 0.25) is 0 Å². The predicted octanol–water partition coefficient (Wildman–Crippen LogP) is 3.62. The zero-order valence-electron chi connectivity index (χ0n) is 12.1. The van der Waals surface area contributed by atoms with Crippen molar-refractivity contribution < 1.29 is 33.3 Å². The van der Waals surface area contributed by atoms with Crippen LogP contribution >= 0.6 is 0 Å². The zero-order chi connectivity index (χ0) is 17.0. The number of phenols is 1. The van der Waals surface area contributed by atoms with Crippen LogP contribution in [0.5, 0.6) is 17.2 Å². The molecule has 0 saturated carbocycles. The van der Waals surface area contributed by atoms with Crippen LogP contribution in [0, 0.1) is 0 Å². The van der Waals surface area contributed by atoms with Crippen molar-refractivity contribution in [2.45, 2.75) is 13.0 Å². The molecule has 0 heterocycles. The highest BCUT2D eigenvalue weighted by Crippen LogP contribution is 2.34. The van der Waals surface area contributed by atoms with Crippen LogP contribution in [0.15, 0.2) is 36.4 Å². The Labute approximate surface area is 130 Å². The van der Waals surface area contributed by atoms with E-state index in [-0.39, 0.29) is 12.4 Å². The van der Waals surface area contributed by atoms with Crippen molar-refractivity contribution in [3.63, 3.8) is 0 Å². The molecule has 122 valence electrons. The second-order valence-electron chi connectivity index (χ2n) is 4.66. The monoisotopic (exact) mass is 324 g/mol. The van der Waals surface area contributed by atoms with Gasteiger partial charge in [-0.25, -0.2) is 13.6 Å². The lowest BCUT2D eigenvalue weighted by Gasteiger charge is -2.13. The average Bonchev–Trinajstić information content (AvgIpc) is 2.52. The van der Waals surface area contributed by atoms with Gasteiger partial charge in [-0.2, -0.15) is 0 Å². The Hall–Kier alpha value is -2.83. The minimum atomic E-state index is -2.86. The lowest BCUT2D eigenvalue weighted by atomic mass is 10.1. The van der Waals surface area contributed by atoms with E-state index in [1.165, 1.54) is 7.11 Å². The van der Waals surface area contributed by atoms with E-state index in [2.05, 4.69) is 0 Å². The van der Waals surface area contributed by atoms with E-state index >= 15 is 0 Å². The highest BCUT2D eigenvalue weighted by atomic mass is 19.3. The van der Waals surface area contributed by atoms with Gasteiger partial charge in [0.25, 0.3) is 6.43 Å². The molecular weight excluding hydrogens is 310 g/mol. The maximum atomic E-state index is 12.8. The Morgan fingerprint density at radius 1 is 1.26 bits per heavy atom. The minimum Gasteiger partial charge on any atom is -0.507 e. The second-order valence-corrected chi connectivity index (χ2v) is 4.66. The second kappa shape index (κ2) is 6.95. The SMILES string of the molecule is COc1cccc(COc2cc(C(F)F)cc(O)c2C(=O)O)c1. The molecule has 5 nitrogen and oxygen atoms in total. The molecule has 0 spiro atoms. The zero-order valence-corrected chi connectivity index (χ0v) is 12.1. The fraction of sp³-hybridized carbons (Fsp3) is 0.188. The lowest BCUT2D eigenvalue weighted by Crippen LogP contribution is -2.05. The van der Waals surface area contributed by atoms with Gasteiger partial charge in [0.05, 0.1) is 7.11 Å². The maximum absolute atomic E-state index is 12.8. The van der Waals surface area contributed by atoms with Gasteiger partial charge in [0.2, 0.25) is 0 Å². The summed E-state index contributed by atoms with van der Waals surface area (Å²) in [5, 5.41) is 18.8. The third-order valence-corrected chi connectivity index (χ3v) is 3.10. The van der Waals surface area contributed by atoms with Crippen molar-refractivity contribution in [1.29, 1.82) is 0 Å². The van der Waals surface area contributed by atoms with Crippen LogP contribution in [0.3, 0.4) is 0 Å². The van der Waals surface area contributed by atoms with Crippen LogP contribution in [-0.2, 0) is 6.61 Å². The molecule has 0 bridgehead atoms. The van der Waals surface area contributed by atoms with Crippen LogP contribution in [0.25, 0.3) is 0 Å². The van der Waals surface area contributed by atoms with Gasteiger partial charge < -0.3 is 19.7 Å². The summed E-state index contributed by atoms with van der Waals surface area (Å²) in [5.74, 6) is -1.98. The molecule has 2 aromatic rings. The Morgan fingerprint density at radius 2 is 2.00 bits per heavy atom. The predicted molar refractivity (Wildman–Crippen MR) is 77.3 cm³/mol. The first-order chi connectivity index (χ1) is 10.9. The summed E-state index contributed by atoms with van der Waals surface area (Å²) in [4.78, 5) is 11.2. The van der Waals surface area contributed by atoms with Crippen molar-refractivity contribution in [3.8, 4) is 17.2 Å². The number of alkyl halides is 2. The molecule has 0 radical (unpaired) electrons. The number of halogens is 2. The van der Waals surface area contributed by atoms with Crippen molar-refractivity contribution in [2.75, 3.05) is 7.11 Å². The van der Waals surface area contributed by atoms with E-state index in [1.807, 2.05) is 0 Å². The molecule has 0 fully saturated rings. The highest BCUT2D eigenvalue weighted by molar-refractivity contribution is 5.94. The Bertz CT molecular complexity index is 716. The number of aromatic carboxylic acids is 1. The van der Waals surface area contributed by atoms with Crippen LogP contribution in [0.4, 0.5) is 8.78 Å². The van der Waals surface area contributed by atoms with Crippen molar-refractivity contribution in [1.82, 2.24) is 0 Å². The Morgan fingerprint density at radius 3 is 2.61 bits per heavy atom. The number of benzene rings is 2. The molecule has 0 aliphatic heterocycles. The number of rotatable bonds is 6. The standard InChI is InChI=1S/C16H14F2O5/c1-22-11-4-2-3-9(5-11)8-23-13-7-10(15(17)18)6-12(19)14(13)16(20)21/h2-7,15,19H,8H2,1H3,(H,20,21). The van der Waals surface area contributed by atoms with Crippen LogP contribution < -0.4 is 9.47 Å². The van der Waals surface area contributed by atoms with Crippen molar-refractivity contribution in [2.24, 2.45) is 0 Å². The van der Waals surface area contributed by atoms with Crippen molar-refractivity contribution in [3.05, 3.63) is 53.1 Å². The summed E-state index contributed by atoms with van der Waals surface area (Å²) in [6.45, 7) is -0.0659. The molecule has 7 heteroatoms. The van der Waals surface area contributed by atoms with E-state index in [9.17, 15) is 18.7 Å². The highest BCUT2D eigenvalue weighted by Gasteiger charge is 2.21. The number of aromatic hydroxyl groups is 1. The molecular formula is C16H14F2O5. The smallest absolute Gasteiger partial charge is 0.343 e. The number of methoxy groups -OCH3 is 1. The van der Waals surface area contributed by atoms with Gasteiger partial charge in [-0.15, -0.1) is 0 Å². The largest absolute Gasteiger partial charge is 0.507 e. The molecule has 2 N–H and O–H groups in total. The molecule has 2 aromatic carbocycles. The van der Waals surface area contributed by atoms with Gasteiger partial charge in [0, 0.05) is 5.56 Å². The number of ether oxygens (including phenoxy) is 2. The van der Waals surface area contributed by atoms with E-state index in [0.717, 1.165) is 6.07 Å². The third kappa shape index (κ3) is 3.88. The molecule has 0 saturated heterocycles. The Balaban J connectivity index is 2.31. The molecule has 0 unspecified atom stereocenters. The number of carboxylic acids is 1. The number of carboxylic acid groups (broad SMARTS) is 1. The van der Waals surface area contributed by atoms with Gasteiger partial charge in [-0.3, -0.25) is 0 Å². The van der Waals surface area contributed by atoms with Crippen molar-refractivity contribution >= 4 is 5.97 Å². The van der Waals surface area contributed by atoms with E-state index in [4.69, 9.17) is 14.6 Å². The quantitative estimate of drug-likeness (QED) is 0.849. The number of carbonyl (C=O) groups is 1. The maximum Gasteiger partial charge on any atom is 0.343 e. The molecule has 0 aromatic heterocycles. The van der Waals surface area contributed by atoms with Gasteiger partial charge >= 0.3 is 5.97 Å². The fourth-order valence-electron chi connectivity index (χ4n) is 2.00. The van der Waals surface area contributed by atoms with Crippen LogP contribution in [-0.4, -0.2) is 23.3 Å². The van der Waals surface area contributed by atoms with E-state index < -0.39 is 29.3 Å². The minimum absolute atomic E-state index is 0.0659. The first-order valence-electron chi connectivity index (χ1n) is 6.56. The summed E-state index contributed by atoms with van der Waals surface area (Å²) in [6, 6.07) is 8.43. The summed E-state index contributed by atoms with van der Waals surface area (Å²) < 4.78 is 36.0. The first kappa shape index (κ1) is 16.5. The molecule has 0 atom stereocenters. The van der Waals surface area contributed by atoms with Gasteiger partial charge in [0.1, 0.15) is 29.4 Å². The first-order valence-corrected chi connectivity index (χ1v) is 6.56. The molecule has 0 amide bonds. The molecule has 0 aliphatic rings. The summed E-state index contributed by atoms with van der Waals surface area (Å²) in [7, 11) is 1.49. The van der Waals surface area contributed by atoms with E-state index in [1.54, 1.807) is 24.3 Å². The summed E-state index contributed by atoms with van der Waals surface area (Å²) in [6.07, 6.45) is -2.86. The number of hydrogen-bond acceptors (Lipinski definition) is 4. The summed E-state index contributed by atoms with van der Waals surface area (Å²) in [5.41, 5.74) is -0.423. The molecule has 23 heavy (non-hydrogen) atoms. The normalized spacial score (nSPS) is 10.6. The number of hydrogen-bond donors (Lipinski definition) is 2. The van der Waals surface area contributed by atoms with Gasteiger partial charge in [-0.1, -0.05) is 12.1 Å². The average molecular weight is 324 g/mol. The fourth-order valence-corrected chi connectivity index (χ4v) is 2.00. The van der Waals surface area contributed by atoms with Gasteiger partial charge in [0.15, 0.2) is 0 Å². The van der Waals surface area contributed by atoms with Crippen LogP contribution in [0.1, 0.15) is 27.9 Å². The topological polar surface area (TPSA) is 76.0 Å².